The van der Waals surface area contributed by atoms with Crippen LogP contribution in [-0.2, 0) is 6.61 Å². The molecule has 0 radical (unpaired) electrons. The van der Waals surface area contributed by atoms with Gasteiger partial charge in [0.25, 0.3) is 0 Å². The van der Waals surface area contributed by atoms with Crippen LogP contribution in [0.3, 0.4) is 0 Å². The number of anilines is 2. The van der Waals surface area contributed by atoms with Gasteiger partial charge >= 0.3 is 0 Å². The van der Waals surface area contributed by atoms with Crippen LogP contribution in [0.25, 0.3) is 27.3 Å². The van der Waals surface area contributed by atoms with Crippen molar-refractivity contribution in [2.24, 2.45) is 0 Å². The highest BCUT2D eigenvalue weighted by Crippen LogP contribution is 2.39. The van der Waals surface area contributed by atoms with Crippen molar-refractivity contribution in [1.29, 1.82) is 0 Å². The highest BCUT2D eigenvalue weighted by molar-refractivity contribution is 7.18. The third-order valence-electron chi connectivity index (χ3n) is 5.66. The van der Waals surface area contributed by atoms with Crippen molar-refractivity contribution in [1.82, 2.24) is 19.5 Å². The Labute approximate surface area is 244 Å². The van der Waals surface area contributed by atoms with E-state index in [-0.39, 0.29) is 11.9 Å². The molecule has 0 saturated carbocycles. The lowest BCUT2D eigenvalue weighted by atomic mass is 10.1. The van der Waals surface area contributed by atoms with Gasteiger partial charge in [-0.05, 0) is 12.1 Å². The molecule has 0 fully saturated rings. The first-order chi connectivity index (χ1) is 19.5. The lowest BCUT2D eigenvalue weighted by molar-refractivity contribution is 0.112. The van der Waals surface area contributed by atoms with Crippen molar-refractivity contribution in [2.75, 3.05) is 32.0 Å². The second-order valence-corrected chi connectivity index (χ2v) is 9.93. The summed E-state index contributed by atoms with van der Waals surface area (Å²) in [6, 6.07) is 12.6. The number of alkyl halides is 2. The van der Waals surface area contributed by atoms with E-state index in [0.29, 0.717) is 50.7 Å². The number of benzene rings is 2. The second kappa shape index (κ2) is 13.4. The van der Waals surface area contributed by atoms with Gasteiger partial charge in [0, 0.05) is 28.1 Å². The van der Waals surface area contributed by atoms with Crippen LogP contribution in [-0.4, -0.2) is 57.6 Å². The number of imidazole rings is 1. The minimum absolute atomic E-state index is 0.105. The smallest absolute Gasteiger partial charge is 0.203 e. The zero-order valence-electron chi connectivity index (χ0n) is 21.7. The lowest BCUT2D eigenvalue weighted by Gasteiger charge is -2.14. The molecule has 0 atom stereocenters. The van der Waals surface area contributed by atoms with E-state index in [1.165, 1.54) is 11.3 Å². The molecule has 40 heavy (non-hydrogen) atoms. The summed E-state index contributed by atoms with van der Waals surface area (Å²) >= 11 is 10.9. The van der Waals surface area contributed by atoms with Crippen LogP contribution in [0, 0.1) is 0 Å². The van der Waals surface area contributed by atoms with E-state index < -0.39 is 0 Å². The highest BCUT2D eigenvalue weighted by Gasteiger charge is 2.17. The van der Waals surface area contributed by atoms with Gasteiger partial charge in [0.15, 0.2) is 17.3 Å². The van der Waals surface area contributed by atoms with Crippen LogP contribution < -0.4 is 19.5 Å². The summed E-state index contributed by atoms with van der Waals surface area (Å²) in [7, 11) is 4.68. The second-order valence-electron chi connectivity index (χ2n) is 8.00. The SMILES string of the molecule is COc1cc(-n2cnc(Nc3nc(-c4cccc(C=O)c4)nc4sc(CO)cc34)c2)cc(OC)c1OC.ClCCl. The van der Waals surface area contributed by atoms with Crippen LogP contribution in [0.2, 0.25) is 0 Å². The Balaban J connectivity index is 0.00000118. The number of halogens is 2. The monoisotopic (exact) mass is 601 g/mol. The summed E-state index contributed by atoms with van der Waals surface area (Å²) in [4.78, 5) is 26.6. The standard InChI is InChI=1S/C26H23N5O5S.CH2Cl2/c1-34-20-8-17(9-21(35-2)23(20)36-3)31-11-22(27-14-31)28-25-19-10-18(13-33)37-26(19)30-24(29-25)16-6-4-5-15(7-16)12-32;2-1-3/h4-12,14,33H,13H2,1-3H3,(H,28,29,30);1H2. The number of thiophene rings is 1. The number of methoxy groups -OCH3 is 3. The van der Waals surface area contributed by atoms with E-state index in [9.17, 15) is 9.90 Å². The molecule has 0 saturated heterocycles. The van der Waals surface area contributed by atoms with Crippen LogP contribution >= 0.6 is 34.5 Å². The number of aliphatic hydroxyl groups is 1. The summed E-state index contributed by atoms with van der Waals surface area (Å²) in [5.74, 6) is 3.07. The van der Waals surface area contributed by atoms with Gasteiger partial charge < -0.3 is 29.2 Å². The van der Waals surface area contributed by atoms with Crippen molar-refractivity contribution < 1.29 is 24.1 Å². The Bertz CT molecular complexity index is 1600. The maximum atomic E-state index is 11.3. The van der Waals surface area contributed by atoms with Crippen molar-refractivity contribution in [3.05, 3.63) is 65.4 Å². The third-order valence-corrected chi connectivity index (χ3v) is 6.67. The molecule has 0 aliphatic carbocycles. The molecule has 2 aromatic carbocycles. The van der Waals surface area contributed by atoms with E-state index >= 15 is 0 Å². The normalized spacial score (nSPS) is 10.6. The Kier molecular flexibility index (Phi) is 9.78. The molecule has 0 spiro atoms. The fourth-order valence-electron chi connectivity index (χ4n) is 3.89. The number of carbonyl (C=O) groups excluding carboxylic acids is 1. The molecular formula is C27H25Cl2N5O5S. The van der Waals surface area contributed by atoms with Crippen molar-refractivity contribution in [3.63, 3.8) is 0 Å². The topological polar surface area (TPSA) is 121 Å². The fourth-order valence-corrected chi connectivity index (χ4v) is 4.78. The molecule has 13 heteroatoms. The maximum absolute atomic E-state index is 11.3. The number of aromatic nitrogens is 4. The maximum Gasteiger partial charge on any atom is 0.203 e. The Morgan fingerprint density at radius 3 is 2.40 bits per heavy atom. The summed E-state index contributed by atoms with van der Waals surface area (Å²) in [5.41, 5.74) is 1.99. The summed E-state index contributed by atoms with van der Waals surface area (Å²) in [6.07, 6.45) is 4.25. The molecular weight excluding hydrogens is 577 g/mol. The molecule has 2 N–H and O–H groups in total. The number of ether oxygens (including phenoxy) is 3. The van der Waals surface area contributed by atoms with Gasteiger partial charge in [-0.15, -0.1) is 34.5 Å². The molecule has 10 nitrogen and oxygen atoms in total. The first-order valence-electron chi connectivity index (χ1n) is 11.7. The predicted octanol–water partition coefficient (Wildman–Crippen LogP) is 6.04. The number of nitrogens with zero attached hydrogens (tertiary/aromatic N) is 4. The Hall–Kier alpha value is -3.90. The molecule has 0 unspecified atom stereocenters. The first kappa shape index (κ1) is 29.1. The number of rotatable bonds is 9. The molecule has 5 aromatic rings. The lowest BCUT2D eigenvalue weighted by Crippen LogP contribution is -1.99. The first-order valence-corrected chi connectivity index (χ1v) is 13.6. The van der Waals surface area contributed by atoms with Crippen LogP contribution in [0.5, 0.6) is 17.2 Å². The number of nitrogens with one attached hydrogen (secondary N) is 1. The van der Waals surface area contributed by atoms with Gasteiger partial charge in [0.2, 0.25) is 5.75 Å². The van der Waals surface area contributed by atoms with Crippen LogP contribution in [0.15, 0.2) is 55.0 Å². The Morgan fingerprint density at radius 1 is 1.05 bits per heavy atom. The summed E-state index contributed by atoms with van der Waals surface area (Å²) in [5, 5.41) is 13.9. The molecule has 3 heterocycles. The van der Waals surface area contributed by atoms with E-state index in [1.54, 1.807) is 52.1 Å². The Morgan fingerprint density at radius 2 is 1.77 bits per heavy atom. The fraction of sp³-hybridized carbons (Fsp3) is 0.185. The molecule has 3 aromatic heterocycles. The minimum Gasteiger partial charge on any atom is -0.493 e. The minimum atomic E-state index is -0.105. The third kappa shape index (κ3) is 6.28. The van der Waals surface area contributed by atoms with Gasteiger partial charge in [-0.3, -0.25) is 4.79 Å². The van der Waals surface area contributed by atoms with E-state index in [4.69, 9.17) is 42.4 Å². The molecule has 5 rings (SSSR count). The average Bonchev–Trinajstić information content (AvgIpc) is 3.64. The molecule has 0 aliphatic rings. The predicted molar refractivity (Wildman–Crippen MR) is 157 cm³/mol. The van der Waals surface area contributed by atoms with E-state index in [2.05, 4.69) is 15.3 Å². The van der Waals surface area contributed by atoms with Gasteiger partial charge in [0.1, 0.15) is 29.1 Å². The zero-order valence-corrected chi connectivity index (χ0v) is 24.0. The van der Waals surface area contributed by atoms with Crippen LogP contribution in [0.4, 0.5) is 11.6 Å². The number of hydrogen-bond donors (Lipinski definition) is 2. The van der Waals surface area contributed by atoms with Crippen molar-refractivity contribution in [3.8, 4) is 34.3 Å². The molecule has 0 aliphatic heterocycles. The molecule has 208 valence electrons. The number of hydrogen-bond acceptors (Lipinski definition) is 10. The number of aldehydes is 1. The largest absolute Gasteiger partial charge is 0.493 e. The highest BCUT2D eigenvalue weighted by atomic mass is 35.5. The number of fused-ring (bicyclic) bond motifs is 1. The van der Waals surface area contributed by atoms with Crippen LogP contribution in [0.1, 0.15) is 15.2 Å². The summed E-state index contributed by atoms with van der Waals surface area (Å²) < 4.78 is 18.1. The summed E-state index contributed by atoms with van der Waals surface area (Å²) in [6.45, 7) is -0.105. The number of aliphatic hydroxyl groups excluding tert-OH is 1. The average molecular weight is 603 g/mol. The van der Waals surface area contributed by atoms with E-state index in [1.807, 2.05) is 28.8 Å². The van der Waals surface area contributed by atoms with Gasteiger partial charge in [-0.2, -0.15) is 0 Å². The van der Waals surface area contributed by atoms with Crippen molar-refractivity contribution >= 4 is 62.7 Å². The van der Waals surface area contributed by atoms with Gasteiger partial charge in [0.05, 0.1) is 50.5 Å². The molecule has 0 bridgehead atoms. The van der Waals surface area contributed by atoms with Crippen molar-refractivity contribution in [2.45, 2.75) is 6.61 Å². The van der Waals surface area contributed by atoms with Gasteiger partial charge in [-0.25, -0.2) is 15.0 Å². The zero-order chi connectivity index (χ0) is 28.6. The van der Waals surface area contributed by atoms with E-state index in [0.717, 1.165) is 22.2 Å². The van der Waals surface area contributed by atoms with Gasteiger partial charge in [-0.1, -0.05) is 18.2 Å². The quantitative estimate of drug-likeness (QED) is 0.154. The number of carbonyl (C=O) groups is 1. The molecule has 0 amide bonds.